The molecule has 0 fully saturated rings. The quantitative estimate of drug-likeness (QED) is 0.283. The summed E-state index contributed by atoms with van der Waals surface area (Å²) in [7, 11) is 1.68. The average Bonchev–Trinajstić information content (AvgIpc) is 3.61. The Bertz CT molecular complexity index is 1240. The van der Waals surface area contributed by atoms with Crippen molar-refractivity contribution >= 4 is 0 Å². The Morgan fingerprint density at radius 1 is 0.676 bits per heavy atom. The third-order valence-electron chi connectivity index (χ3n) is 5.67. The van der Waals surface area contributed by atoms with Gasteiger partial charge in [-0.25, -0.2) is 9.97 Å². The molecule has 0 atom stereocenters. The normalized spacial score (nSPS) is 10.5. The number of imidazole rings is 2. The van der Waals surface area contributed by atoms with Crippen LogP contribution >= 0.6 is 0 Å². The lowest BCUT2D eigenvalue weighted by atomic mass is 10.0. The van der Waals surface area contributed by atoms with E-state index in [0.29, 0.717) is 0 Å². The van der Waals surface area contributed by atoms with Gasteiger partial charge in [-0.05, 0) is 24.1 Å². The van der Waals surface area contributed by atoms with E-state index in [2.05, 4.69) is 75.4 Å². The lowest BCUT2D eigenvalue weighted by molar-refractivity contribution is 0.416. The van der Waals surface area contributed by atoms with Gasteiger partial charge in [0.15, 0.2) is 0 Å². The van der Waals surface area contributed by atoms with Gasteiger partial charge in [0.2, 0.25) is 0 Å². The molecule has 0 aliphatic rings. The second-order valence-electron chi connectivity index (χ2n) is 7.58. The van der Waals surface area contributed by atoms with Crippen molar-refractivity contribution in [1.29, 1.82) is 0 Å². The summed E-state index contributed by atoms with van der Waals surface area (Å²) >= 11 is 0. The Morgan fingerprint density at radius 2 is 1.18 bits per heavy atom. The third-order valence-corrected chi connectivity index (χ3v) is 5.67. The van der Waals surface area contributed by atoms with Crippen LogP contribution in [0.3, 0.4) is 0 Å². The van der Waals surface area contributed by atoms with Crippen LogP contribution in [0.1, 0.15) is 26.3 Å². The SMILES string of the molecule is CC.CCc1ccccc1-c1cnc(-c2ccc(-c3ncc(-c4ccccc4OC)[nH]3)cc2)[nH]1. The predicted molar refractivity (Wildman–Crippen MR) is 140 cm³/mol. The fraction of sp³-hybridized carbons (Fsp3) is 0.172. The van der Waals surface area contributed by atoms with Crippen molar-refractivity contribution in [1.82, 2.24) is 19.9 Å². The predicted octanol–water partition coefficient (Wildman–Crippen LogP) is 7.40. The Kier molecular flexibility index (Phi) is 7.23. The molecule has 0 spiro atoms. The van der Waals surface area contributed by atoms with E-state index < -0.39 is 0 Å². The fourth-order valence-corrected chi connectivity index (χ4v) is 3.95. The van der Waals surface area contributed by atoms with Crippen LogP contribution < -0.4 is 4.74 Å². The van der Waals surface area contributed by atoms with Crippen LogP contribution in [0.4, 0.5) is 0 Å². The summed E-state index contributed by atoms with van der Waals surface area (Å²) in [5.74, 6) is 2.48. The van der Waals surface area contributed by atoms with Crippen LogP contribution in [0.2, 0.25) is 0 Å². The third kappa shape index (κ3) is 4.64. The highest BCUT2D eigenvalue weighted by Gasteiger charge is 2.11. The number of methoxy groups -OCH3 is 1. The van der Waals surface area contributed by atoms with E-state index in [1.807, 2.05) is 50.5 Å². The zero-order valence-corrected chi connectivity index (χ0v) is 20.1. The molecule has 2 heterocycles. The van der Waals surface area contributed by atoms with Crippen molar-refractivity contribution in [3.63, 3.8) is 0 Å². The number of H-pyrrole nitrogens is 2. The molecule has 0 aliphatic heterocycles. The number of aromatic amines is 2. The highest BCUT2D eigenvalue weighted by Crippen LogP contribution is 2.31. The maximum Gasteiger partial charge on any atom is 0.137 e. The summed E-state index contributed by atoms with van der Waals surface area (Å²) in [6, 6.07) is 24.6. The van der Waals surface area contributed by atoms with Crippen molar-refractivity contribution in [3.8, 4) is 51.0 Å². The molecule has 0 radical (unpaired) electrons. The number of para-hydroxylation sites is 1. The molecular formula is C29H30N4O. The molecule has 3 aromatic carbocycles. The minimum absolute atomic E-state index is 0.814. The van der Waals surface area contributed by atoms with Crippen LogP contribution in [0.5, 0.6) is 5.75 Å². The smallest absolute Gasteiger partial charge is 0.137 e. The second-order valence-corrected chi connectivity index (χ2v) is 7.58. The van der Waals surface area contributed by atoms with Gasteiger partial charge in [-0.1, -0.05) is 81.4 Å². The molecule has 0 bridgehead atoms. The highest BCUT2D eigenvalue weighted by molar-refractivity contribution is 5.71. The molecule has 0 aliphatic carbocycles. The van der Waals surface area contributed by atoms with Gasteiger partial charge in [0.1, 0.15) is 17.4 Å². The Morgan fingerprint density at radius 3 is 1.74 bits per heavy atom. The number of benzene rings is 3. The van der Waals surface area contributed by atoms with Crippen molar-refractivity contribution in [2.45, 2.75) is 27.2 Å². The molecule has 5 rings (SSSR count). The molecule has 0 unspecified atom stereocenters. The van der Waals surface area contributed by atoms with Gasteiger partial charge in [0, 0.05) is 22.3 Å². The minimum atomic E-state index is 0.814. The van der Waals surface area contributed by atoms with Gasteiger partial charge in [-0.2, -0.15) is 0 Å². The lowest BCUT2D eigenvalue weighted by Gasteiger charge is -2.06. The van der Waals surface area contributed by atoms with E-state index in [0.717, 1.165) is 51.9 Å². The van der Waals surface area contributed by atoms with Gasteiger partial charge in [-0.3, -0.25) is 0 Å². The van der Waals surface area contributed by atoms with E-state index in [-0.39, 0.29) is 0 Å². The number of aryl methyl sites for hydroxylation is 1. The number of aromatic nitrogens is 4. The first kappa shape index (κ1) is 23.1. The summed E-state index contributed by atoms with van der Waals surface area (Å²) < 4.78 is 5.47. The zero-order valence-electron chi connectivity index (χ0n) is 20.1. The standard InChI is InChI=1S/C27H24N4O.C2H6/c1-3-18-8-4-5-9-21(18)23-16-28-26(30-23)19-12-14-20(15-13-19)27-29-17-24(31-27)22-10-6-7-11-25(22)32-2;1-2/h4-17H,3H2,1-2H3,(H,28,30)(H,29,31);1-2H3. The van der Waals surface area contributed by atoms with E-state index in [1.165, 1.54) is 11.1 Å². The fourth-order valence-electron chi connectivity index (χ4n) is 3.95. The maximum atomic E-state index is 5.47. The molecular weight excluding hydrogens is 420 g/mol. The molecule has 0 saturated carbocycles. The lowest BCUT2D eigenvalue weighted by Crippen LogP contribution is -1.88. The van der Waals surface area contributed by atoms with Gasteiger partial charge in [0.05, 0.1) is 30.9 Å². The highest BCUT2D eigenvalue weighted by atomic mass is 16.5. The molecule has 2 aromatic heterocycles. The van der Waals surface area contributed by atoms with Gasteiger partial charge < -0.3 is 14.7 Å². The van der Waals surface area contributed by atoms with Crippen LogP contribution in [0.15, 0.2) is 85.2 Å². The summed E-state index contributed by atoms with van der Waals surface area (Å²) in [6.45, 7) is 6.17. The number of ether oxygens (including phenoxy) is 1. The molecule has 5 aromatic rings. The van der Waals surface area contributed by atoms with E-state index >= 15 is 0 Å². The number of hydrogen-bond acceptors (Lipinski definition) is 3. The Labute approximate surface area is 200 Å². The first-order valence-corrected chi connectivity index (χ1v) is 11.7. The zero-order chi connectivity index (χ0) is 23.9. The van der Waals surface area contributed by atoms with Crippen LogP contribution in [0.25, 0.3) is 45.3 Å². The largest absolute Gasteiger partial charge is 0.496 e. The van der Waals surface area contributed by atoms with E-state index in [9.17, 15) is 0 Å². The summed E-state index contributed by atoms with van der Waals surface area (Å²) in [5.41, 5.74) is 7.50. The van der Waals surface area contributed by atoms with Crippen LogP contribution in [-0.2, 0) is 6.42 Å². The molecule has 0 saturated heterocycles. The average molecular weight is 451 g/mol. The topological polar surface area (TPSA) is 66.6 Å². The van der Waals surface area contributed by atoms with E-state index in [1.54, 1.807) is 7.11 Å². The molecule has 172 valence electrons. The number of hydrogen-bond donors (Lipinski definition) is 2. The van der Waals surface area contributed by atoms with Crippen molar-refractivity contribution in [2.24, 2.45) is 0 Å². The van der Waals surface area contributed by atoms with Gasteiger partial charge in [0.25, 0.3) is 0 Å². The minimum Gasteiger partial charge on any atom is -0.496 e. The number of rotatable bonds is 6. The van der Waals surface area contributed by atoms with Crippen LogP contribution in [-0.4, -0.2) is 27.0 Å². The Hall–Kier alpha value is -4.12. The van der Waals surface area contributed by atoms with Crippen molar-refractivity contribution in [3.05, 3.63) is 90.8 Å². The van der Waals surface area contributed by atoms with Gasteiger partial charge >= 0.3 is 0 Å². The van der Waals surface area contributed by atoms with Crippen LogP contribution in [0, 0.1) is 0 Å². The first-order valence-electron chi connectivity index (χ1n) is 11.7. The maximum absolute atomic E-state index is 5.47. The molecule has 5 heteroatoms. The van der Waals surface area contributed by atoms with E-state index in [4.69, 9.17) is 4.74 Å². The van der Waals surface area contributed by atoms with Crippen molar-refractivity contribution in [2.75, 3.05) is 7.11 Å². The second kappa shape index (κ2) is 10.7. The summed E-state index contributed by atoms with van der Waals surface area (Å²) in [6.07, 6.45) is 4.73. The monoisotopic (exact) mass is 450 g/mol. The number of nitrogens with one attached hydrogen (secondary N) is 2. The van der Waals surface area contributed by atoms with Gasteiger partial charge in [-0.15, -0.1) is 0 Å². The molecule has 34 heavy (non-hydrogen) atoms. The summed E-state index contributed by atoms with van der Waals surface area (Å²) in [5, 5.41) is 0. The Balaban J connectivity index is 0.00000133. The first-order chi connectivity index (χ1) is 16.8. The molecule has 2 N–H and O–H groups in total. The summed E-state index contributed by atoms with van der Waals surface area (Å²) in [4.78, 5) is 16.1. The number of nitrogens with zero attached hydrogens (tertiary/aromatic N) is 2. The van der Waals surface area contributed by atoms with Crippen molar-refractivity contribution < 1.29 is 4.74 Å². The molecule has 5 nitrogen and oxygen atoms in total. The molecule has 0 amide bonds.